The number of nitrogens with zero attached hydrogens (tertiary/aromatic N) is 1. The first-order valence-electron chi connectivity index (χ1n) is 7.10. The van der Waals surface area contributed by atoms with Crippen LogP contribution in [0.1, 0.15) is 10.4 Å². The third-order valence-corrected chi connectivity index (χ3v) is 4.53. The molecule has 1 aliphatic heterocycles. The number of aromatic nitrogens is 1. The van der Waals surface area contributed by atoms with Crippen LogP contribution in [0.25, 0.3) is 0 Å². The second kappa shape index (κ2) is 5.78. The first-order valence-corrected chi connectivity index (χ1v) is 7.91. The Kier molecular flexibility index (Phi) is 3.48. The molecule has 0 atom stereocenters. The highest BCUT2D eigenvalue weighted by Gasteiger charge is 2.18. The van der Waals surface area contributed by atoms with Crippen LogP contribution in [0.2, 0.25) is 0 Å². The van der Waals surface area contributed by atoms with Crippen LogP contribution in [0.5, 0.6) is 11.5 Å². The summed E-state index contributed by atoms with van der Waals surface area (Å²) in [5.41, 5.74) is 1.31. The van der Waals surface area contributed by atoms with E-state index in [1.54, 1.807) is 36.3 Å². The summed E-state index contributed by atoms with van der Waals surface area (Å²) in [7, 11) is 0. The molecule has 2 aromatic carbocycles. The molecular formula is C18H12N2O2S. The fourth-order valence-electron chi connectivity index (χ4n) is 2.31. The highest BCUT2D eigenvalue weighted by Crippen LogP contribution is 2.47. The first kappa shape index (κ1) is 13.8. The summed E-state index contributed by atoms with van der Waals surface area (Å²) in [5, 5.41) is 2.90. The van der Waals surface area contributed by atoms with Crippen LogP contribution in [0.3, 0.4) is 0 Å². The molecule has 1 amide bonds. The Labute approximate surface area is 137 Å². The van der Waals surface area contributed by atoms with Gasteiger partial charge in [0.05, 0.1) is 9.79 Å². The molecule has 0 radical (unpaired) electrons. The number of amides is 1. The lowest BCUT2D eigenvalue weighted by Gasteiger charge is -2.20. The van der Waals surface area contributed by atoms with Crippen LogP contribution >= 0.6 is 11.8 Å². The smallest absolute Gasteiger partial charge is 0.255 e. The molecule has 0 unspecified atom stereocenters. The SMILES string of the molecule is O=C(Nc1ccc2c(c1)Sc1ccccc1O2)c1ccncc1. The standard InChI is InChI=1S/C18H12N2O2S/c21-18(12-7-9-19-10-8-12)20-13-5-6-15-17(11-13)23-16-4-2-1-3-14(16)22-15/h1-11H,(H,20,21). The number of para-hydroxylation sites is 1. The van der Waals surface area contributed by atoms with Gasteiger partial charge in [-0.2, -0.15) is 0 Å². The number of benzene rings is 2. The van der Waals surface area contributed by atoms with Gasteiger partial charge in [-0.3, -0.25) is 9.78 Å². The Bertz CT molecular complexity index is 881. The zero-order valence-corrected chi connectivity index (χ0v) is 12.8. The van der Waals surface area contributed by atoms with Crippen molar-refractivity contribution in [1.29, 1.82) is 0 Å². The van der Waals surface area contributed by atoms with Crippen molar-refractivity contribution in [2.75, 3.05) is 5.32 Å². The molecule has 5 heteroatoms. The average molecular weight is 320 g/mol. The Morgan fingerprint density at radius 2 is 1.74 bits per heavy atom. The molecular weight excluding hydrogens is 308 g/mol. The van der Waals surface area contributed by atoms with E-state index >= 15 is 0 Å². The zero-order valence-electron chi connectivity index (χ0n) is 12.0. The summed E-state index contributed by atoms with van der Waals surface area (Å²) < 4.78 is 5.88. The monoisotopic (exact) mass is 320 g/mol. The molecule has 0 saturated heterocycles. The number of anilines is 1. The van der Waals surface area contributed by atoms with Gasteiger partial charge >= 0.3 is 0 Å². The normalized spacial score (nSPS) is 11.8. The Morgan fingerprint density at radius 1 is 0.957 bits per heavy atom. The number of hydrogen-bond acceptors (Lipinski definition) is 4. The topological polar surface area (TPSA) is 51.2 Å². The van der Waals surface area contributed by atoms with Gasteiger partial charge in [-0.25, -0.2) is 0 Å². The third kappa shape index (κ3) is 2.78. The Morgan fingerprint density at radius 3 is 2.61 bits per heavy atom. The van der Waals surface area contributed by atoms with Gasteiger partial charge < -0.3 is 10.1 Å². The van der Waals surface area contributed by atoms with Gasteiger partial charge in [0.25, 0.3) is 5.91 Å². The molecule has 1 aliphatic rings. The van der Waals surface area contributed by atoms with E-state index in [4.69, 9.17) is 4.74 Å². The van der Waals surface area contributed by atoms with Crippen molar-refractivity contribution >= 4 is 23.4 Å². The third-order valence-electron chi connectivity index (χ3n) is 3.43. The highest BCUT2D eigenvalue weighted by molar-refractivity contribution is 7.99. The van der Waals surface area contributed by atoms with E-state index in [2.05, 4.69) is 10.3 Å². The van der Waals surface area contributed by atoms with Crippen LogP contribution in [-0.4, -0.2) is 10.9 Å². The van der Waals surface area contributed by atoms with E-state index < -0.39 is 0 Å². The van der Waals surface area contributed by atoms with Gasteiger partial charge in [0.15, 0.2) is 0 Å². The van der Waals surface area contributed by atoms with Crippen molar-refractivity contribution in [3.8, 4) is 11.5 Å². The predicted molar refractivity (Wildman–Crippen MR) is 89.3 cm³/mol. The molecule has 0 bridgehead atoms. The lowest BCUT2D eigenvalue weighted by Crippen LogP contribution is -2.12. The van der Waals surface area contributed by atoms with Crippen molar-refractivity contribution in [3.05, 3.63) is 72.6 Å². The fraction of sp³-hybridized carbons (Fsp3) is 0. The molecule has 23 heavy (non-hydrogen) atoms. The van der Waals surface area contributed by atoms with E-state index in [1.807, 2.05) is 42.5 Å². The van der Waals surface area contributed by atoms with E-state index in [1.165, 1.54) is 0 Å². The second-order valence-corrected chi connectivity index (χ2v) is 6.09. The number of fused-ring (bicyclic) bond motifs is 2. The highest BCUT2D eigenvalue weighted by atomic mass is 32.2. The number of carbonyl (C=O) groups is 1. The maximum absolute atomic E-state index is 12.2. The van der Waals surface area contributed by atoms with Gasteiger partial charge in [-0.1, -0.05) is 23.9 Å². The lowest BCUT2D eigenvalue weighted by molar-refractivity contribution is 0.102. The van der Waals surface area contributed by atoms with Crippen molar-refractivity contribution < 1.29 is 9.53 Å². The number of ether oxygens (including phenoxy) is 1. The van der Waals surface area contributed by atoms with Gasteiger partial charge in [-0.15, -0.1) is 0 Å². The van der Waals surface area contributed by atoms with E-state index in [9.17, 15) is 4.79 Å². The molecule has 1 N–H and O–H groups in total. The van der Waals surface area contributed by atoms with Crippen LogP contribution < -0.4 is 10.1 Å². The summed E-state index contributed by atoms with van der Waals surface area (Å²) >= 11 is 1.63. The molecule has 2 heterocycles. The van der Waals surface area contributed by atoms with Gasteiger partial charge in [0.1, 0.15) is 11.5 Å². The molecule has 0 fully saturated rings. The molecule has 0 aliphatic carbocycles. The summed E-state index contributed by atoms with van der Waals surface area (Å²) in [6.45, 7) is 0. The number of rotatable bonds is 2. The molecule has 3 aromatic rings. The molecule has 0 saturated carbocycles. The largest absolute Gasteiger partial charge is 0.455 e. The number of pyridine rings is 1. The zero-order chi connectivity index (χ0) is 15.6. The van der Waals surface area contributed by atoms with Crippen LogP contribution in [0.4, 0.5) is 5.69 Å². The molecule has 4 rings (SSSR count). The summed E-state index contributed by atoms with van der Waals surface area (Å²) in [4.78, 5) is 18.2. The van der Waals surface area contributed by atoms with Crippen molar-refractivity contribution in [3.63, 3.8) is 0 Å². The molecule has 4 nitrogen and oxygen atoms in total. The van der Waals surface area contributed by atoms with Crippen molar-refractivity contribution in [2.45, 2.75) is 9.79 Å². The van der Waals surface area contributed by atoms with E-state index in [-0.39, 0.29) is 5.91 Å². The van der Waals surface area contributed by atoms with Crippen LogP contribution in [0.15, 0.2) is 76.8 Å². The minimum absolute atomic E-state index is 0.158. The maximum atomic E-state index is 12.2. The lowest BCUT2D eigenvalue weighted by atomic mass is 10.2. The maximum Gasteiger partial charge on any atom is 0.255 e. The summed E-state index contributed by atoms with van der Waals surface area (Å²) in [6, 6.07) is 16.9. The van der Waals surface area contributed by atoms with Gasteiger partial charge in [0, 0.05) is 23.6 Å². The number of carbonyl (C=O) groups excluding carboxylic acids is 1. The fourth-order valence-corrected chi connectivity index (χ4v) is 3.30. The molecule has 1 aromatic heterocycles. The number of hydrogen-bond donors (Lipinski definition) is 1. The van der Waals surface area contributed by atoms with Gasteiger partial charge in [-0.05, 0) is 42.5 Å². The van der Waals surface area contributed by atoms with Crippen LogP contribution in [0, 0.1) is 0 Å². The quantitative estimate of drug-likeness (QED) is 0.587. The van der Waals surface area contributed by atoms with Gasteiger partial charge in [0.2, 0.25) is 0 Å². The minimum atomic E-state index is -0.158. The van der Waals surface area contributed by atoms with Crippen LogP contribution in [-0.2, 0) is 0 Å². The van der Waals surface area contributed by atoms with Crippen molar-refractivity contribution in [1.82, 2.24) is 4.98 Å². The molecule has 112 valence electrons. The Hall–Kier alpha value is -2.79. The predicted octanol–water partition coefficient (Wildman–Crippen LogP) is 4.59. The number of nitrogens with one attached hydrogen (secondary N) is 1. The summed E-state index contributed by atoms with van der Waals surface area (Å²) in [6.07, 6.45) is 3.20. The molecule has 0 spiro atoms. The van der Waals surface area contributed by atoms with E-state index in [0.717, 1.165) is 27.0 Å². The minimum Gasteiger partial charge on any atom is -0.455 e. The van der Waals surface area contributed by atoms with Crippen molar-refractivity contribution in [2.24, 2.45) is 0 Å². The average Bonchev–Trinajstić information content (AvgIpc) is 2.60. The van der Waals surface area contributed by atoms with E-state index in [0.29, 0.717) is 5.56 Å². The first-order chi connectivity index (χ1) is 11.3. The second-order valence-electron chi connectivity index (χ2n) is 5.00. The Balaban J connectivity index is 1.58. The summed E-state index contributed by atoms with van der Waals surface area (Å²) in [5.74, 6) is 1.50.